The largest absolute Gasteiger partial charge is 0.468 e. The molecule has 0 rings (SSSR count). The lowest BCUT2D eigenvalue weighted by Gasteiger charge is -2.31. The van der Waals surface area contributed by atoms with Crippen LogP contribution in [-0.2, 0) is 9.53 Å². The third kappa shape index (κ3) is 6.79. The van der Waals surface area contributed by atoms with Crippen LogP contribution in [0.25, 0.3) is 0 Å². The van der Waals surface area contributed by atoms with Gasteiger partial charge in [-0.05, 0) is 12.0 Å². The van der Waals surface area contributed by atoms with Crippen molar-refractivity contribution in [2.45, 2.75) is 33.7 Å². The highest BCUT2D eigenvalue weighted by Gasteiger charge is 2.23. The van der Waals surface area contributed by atoms with Gasteiger partial charge in [0.25, 0.3) is 0 Å². The summed E-state index contributed by atoms with van der Waals surface area (Å²) in [6, 6.07) is 0.428. The Labute approximate surface area is 97.3 Å². The molecule has 0 aliphatic rings. The number of methoxy groups -OCH3 is 1. The molecule has 0 bridgehead atoms. The fraction of sp³-hybridized carbons (Fsp3) is 0.909. The third-order valence-electron chi connectivity index (χ3n) is 2.23. The minimum Gasteiger partial charge on any atom is -0.468 e. The zero-order valence-electron chi connectivity index (χ0n) is 10.4. The first-order valence-electron chi connectivity index (χ1n) is 5.29. The number of carbonyl (C=O) groups is 1. The molecule has 0 aliphatic carbocycles. The summed E-state index contributed by atoms with van der Waals surface area (Å²) in [5, 5.41) is 3.44. The van der Waals surface area contributed by atoms with Gasteiger partial charge in [0.15, 0.2) is 0 Å². The topological polar surface area (TPSA) is 38.3 Å². The van der Waals surface area contributed by atoms with Crippen molar-refractivity contribution in [3.8, 4) is 0 Å². The molecule has 0 aliphatic heterocycles. The van der Waals surface area contributed by atoms with E-state index in [9.17, 15) is 4.79 Å². The van der Waals surface area contributed by atoms with Gasteiger partial charge in [-0.1, -0.05) is 27.7 Å². The molecule has 1 N–H and O–H groups in total. The molecule has 3 nitrogen and oxygen atoms in total. The highest BCUT2D eigenvalue weighted by atomic mass is 32.2. The van der Waals surface area contributed by atoms with Crippen LogP contribution in [0, 0.1) is 5.41 Å². The summed E-state index contributed by atoms with van der Waals surface area (Å²) in [4.78, 5) is 10.9. The molecule has 0 heterocycles. The maximum absolute atomic E-state index is 10.9. The second-order valence-electron chi connectivity index (χ2n) is 4.57. The van der Waals surface area contributed by atoms with Gasteiger partial charge in [-0.3, -0.25) is 4.79 Å². The number of esters is 1. The molecular formula is C11H23NO2S. The van der Waals surface area contributed by atoms with Gasteiger partial charge in [0.2, 0.25) is 0 Å². The van der Waals surface area contributed by atoms with E-state index in [1.54, 1.807) is 11.8 Å². The Balaban J connectivity index is 3.92. The van der Waals surface area contributed by atoms with Crippen LogP contribution in [0.3, 0.4) is 0 Å². The number of ether oxygens (including phenoxy) is 1. The van der Waals surface area contributed by atoms with Crippen molar-refractivity contribution >= 4 is 17.7 Å². The van der Waals surface area contributed by atoms with E-state index in [2.05, 4.69) is 37.7 Å². The number of rotatable bonds is 6. The number of hydrogen-bond acceptors (Lipinski definition) is 4. The summed E-state index contributed by atoms with van der Waals surface area (Å²) in [6.45, 7) is 9.68. The average molecular weight is 233 g/mol. The molecule has 15 heavy (non-hydrogen) atoms. The predicted octanol–water partition coefficient (Wildman–Crippen LogP) is 1.92. The Morgan fingerprint density at radius 2 is 2.07 bits per heavy atom. The van der Waals surface area contributed by atoms with E-state index < -0.39 is 0 Å². The normalized spacial score (nSPS) is 13.7. The summed E-state index contributed by atoms with van der Waals surface area (Å²) in [6.07, 6.45) is 0. The van der Waals surface area contributed by atoms with Crippen molar-refractivity contribution in [2.24, 2.45) is 5.41 Å². The lowest BCUT2D eigenvalue weighted by Crippen LogP contribution is -2.42. The Morgan fingerprint density at radius 3 is 2.47 bits per heavy atom. The van der Waals surface area contributed by atoms with Crippen molar-refractivity contribution in [3.63, 3.8) is 0 Å². The van der Waals surface area contributed by atoms with Gasteiger partial charge in [-0.25, -0.2) is 0 Å². The molecular weight excluding hydrogens is 210 g/mol. The number of carbonyl (C=O) groups excluding carboxylic acids is 1. The quantitative estimate of drug-likeness (QED) is 0.711. The van der Waals surface area contributed by atoms with Gasteiger partial charge in [-0.15, -0.1) is 11.8 Å². The average Bonchev–Trinajstić information content (AvgIpc) is 2.14. The molecule has 0 amide bonds. The SMILES string of the molecule is CCNC(CSCC(=O)OC)C(C)(C)C. The standard InChI is InChI=1S/C11H23NO2S/c1-6-12-9(11(2,3)4)7-15-8-10(13)14-5/h9,12H,6-8H2,1-5H3. The van der Waals surface area contributed by atoms with Crippen molar-refractivity contribution in [1.29, 1.82) is 0 Å². The number of thioether (sulfide) groups is 1. The lowest BCUT2D eigenvalue weighted by molar-refractivity contribution is -0.137. The van der Waals surface area contributed by atoms with Crippen LogP contribution in [0.5, 0.6) is 0 Å². The van der Waals surface area contributed by atoms with Crippen LogP contribution < -0.4 is 5.32 Å². The fourth-order valence-electron chi connectivity index (χ4n) is 1.18. The first-order chi connectivity index (χ1) is 6.91. The van der Waals surface area contributed by atoms with E-state index in [1.807, 2.05) is 0 Å². The van der Waals surface area contributed by atoms with Crippen LogP contribution in [0.1, 0.15) is 27.7 Å². The fourth-order valence-corrected chi connectivity index (χ4v) is 2.44. The van der Waals surface area contributed by atoms with Crippen LogP contribution in [0.15, 0.2) is 0 Å². The molecule has 1 unspecified atom stereocenters. The molecule has 4 heteroatoms. The molecule has 0 aromatic carbocycles. The molecule has 0 aromatic heterocycles. The van der Waals surface area contributed by atoms with Gasteiger partial charge in [0.05, 0.1) is 12.9 Å². The Kier molecular flexibility index (Phi) is 7.02. The maximum atomic E-state index is 10.9. The number of nitrogens with one attached hydrogen (secondary N) is 1. The molecule has 1 atom stereocenters. The van der Waals surface area contributed by atoms with Crippen molar-refractivity contribution < 1.29 is 9.53 Å². The summed E-state index contributed by atoms with van der Waals surface area (Å²) < 4.78 is 4.60. The number of hydrogen-bond donors (Lipinski definition) is 1. The Morgan fingerprint density at radius 1 is 1.47 bits per heavy atom. The molecule has 90 valence electrons. The van der Waals surface area contributed by atoms with Gasteiger partial charge >= 0.3 is 5.97 Å². The zero-order valence-corrected chi connectivity index (χ0v) is 11.2. The molecule has 0 saturated heterocycles. The van der Waals surface area contributed by atoms with Gasteiger partial charge in [0.1, 0.15) is 0 Å². The Bertz CT molecular complexity index is 190. The van der Waals surface area contributed by atoms with Gasteiger partial charge in [-0.2, -0.15) is 0 Å². The van der Waals surface area contributed by atoms with E-state index in [-0.39, 0.29) is 11.4 Å². The van der Waals surface area contributed by atoms with Crippen molar-refractivity contribution in [3.05, 3.63) is 0 Å². The molecule has 0 saturated carbocycles. The van der Waals surface area contributed by atoms with E-state index >= 15 is 0 Å². The second-order valence-corrected chi connectivity index (χ2v) is 5.60. The van der Waals surface area contributed by atoms with E-state index in [4.69, 9.17) is 0 Å². The second kappa shape index (κ2) is 7.12. The highest BCUT2D eigenvalue weighted by Crippen LogP contribution is 2.22. The van der Waals surface area contributed by atoms with Crippen molar-refractivity contribution in [2.75, 3.05) is 25.2 Å². The summed E-state index contributed by atoms with van der Waals surface area (Å²) in [5.41, 5.74) is 0.221. The predicted molar refractivity (Wildman–Crippen MR) is 66.3 cm³/mol. The molecule has 0 radical (unpaired) electrons. The lowest BCUT2D eigenvalue weighted by atomic mass is 9.88. The maximum Gasteiger partial charge on any atom is 0.315 e. The van der Waals surface area contributed by atoms with Crippen molar-refractivity contribution in [1.82, 2.24) is 5.32 Å². The summed E-state index contributed by atoms with van der Waals surface area (Å²) in [7, 11) is 1.43. The van der Waals surface area contributed by atoms with Crippen LogP contribution in [0.4, 0.5) is 0 Å². The smallest absolute Gasteiger partial charge is 0.315 e. The first kappa shape index (κ1) is 14.8. The summed E-state index contributed by atoms with van der Waals surface area (Å²) in [5.74, 6) is 1.23. The monoisotopic (exact) mass is 233 g/mol. The van der Waals surface area contributed by atoms with Gasteiger partial charge in [0, 0.05) is 11.8 Å². The van der Waals surface area contributed by atoms with Crippen LogP contribution >= 0.6 is 11.8 Å². The van der Waals surface area contributed by atoms with Gasteiger partial charge < -0.3 is 10.1 Å². The molecule has 0 aromatic rings. The van der Waals surface area contributed by atoms with Crippen LogP contribution in [0.2, 0.25) is 0 Å². The minimum atomic E-state index is -0.149. The first-order valence-corrected chi connectivity index (χ1v) is 6.45. The van der Waals surface area contributed by atoms with E-state index in [1.165, 1.54) is 7.11 Å². The third-order valence-corrected chi connectivity index (χ3v) is 3.24. The highest BCUT2D eigenvalue weighted by molar-refractivity contribution is 7.99. The Hall–Kier alpha value is -0.220. The zero-order chi connectivity index (χ0) is 11.9. The molecule has 0 fully saturated rings. The summed E-state index contributed by atoms with van der Waals surface area (Å²) >= 11 is 1.62. The molecule has 0 spiro atoms. The van der Waals surface area contributed by atoms with Crippen LogP contribution in [-0.4, -0.2) is 37.2 Å². The van der Waals surface area contributed by atoms with E-state index in [0.717, 1.165) is 12.3 Å². The van der Waals surface area contributed by atoms with E-state index in [0.29, 0.717) is 11.8 Å². The minimum absolute atomic E-state index is 0.149.